The molecule has 1 heterocycles. The summed E-state index contributed by atoms with van der Waals surface area (Å²) in [6.07, 6.45) is 8.21. The van der Waals surface area contributed by atoms with Crippen LogP contribution in [0.5, 0.6) is 0 Å². The maximum absolute atomic E-state index is 9.22. The molecule has 234 valence electrons. The molecule has 0 radical (unpaired) electrons. The molecule has 6 aromatic rings. The van der Waals surface area contributed by atoms with Crippen molar-refractivity contribution in [2.45, 2.75) is 31.6 Å². The van der Waals surface area contributed by atoms with Crippen LogP contribution in [0.3, 0.4) is 0 Å². The quantitative estimate of drug-likeness (QED) is 0.189. The van der Waals surface area contributed by atoms with E-state index in [-0.39, 0.29) is 11.6 Å². The Morgan fingerprint density at radius 2 is 1.23 bits per heavy atom. The molecular formula is C45H39N3. The number of hydrogen-bond acceptors (Lipinski definition) is 1. The molecule has 0 fully saturated rings. The molecule has 0 bridgehead atoms. The highest BCUT2D eigenvalue weighted by molar-refractivity contribution is 5.91. The van der Waals surface area contributed by atoms with E-state index in [9.17, 15) is 5.73 Å². The molecule has 0 aromatic heterocycles. The van der Waals surface area contributed by atoms with Crippen molar-refractivity contribution in [3.05, 3.63) is 191 Å². The molecule has 8 rings (SSSR count). The maximum atomic E-state index is 9.22. The smallest absolute Gasteiger partial charge is 0.184 e. The second kappa shape index (κ2) is 12.3. The molecule has 2 atom stereocenters. The van der Waals surface area contributed by atoms with Crippen LogP contribution in [0.2, 0.25) is 0 Å². The monoisotopic (exact) mass is 621 g/mol. The van der Waals surface area contributed by atoms with Gasteiger partial charge in [-0.3, -0.25) is 4.90 Å². The van der Waals surface area contributed by atoms with Gasteiger partial charge in [0.1, 0.15) is 0 Å². The summed E-state index contributed by atoms with van der Waals surface area (Å²) in [5.74, 6) is 0. The van der Waals surface area contributed by atoms with Gasteiger partial charge in [-0.05, 0) is 86.0 Å². The fourth-order valence-corrected chi connectivity index (χ4v) is 7.43. The third kappa shape index (κ3) is 5.37. The molecule has 1 aliphatic heterocycles. The zero-order chi connectivity index (χ0) is 32.7. The van der Waals surface area contributed by atoms with E-state index in [4.69, 9.17) is 0 Å². The highest BCUT2D eigenvalue weighted by Crippen LogP contribution is 2.49. The fraction of sp³-hybridized carbons (Fsp3) is 0.111. The van der Waals surface area contributed by atoms with Crippen molar-refractivity contribution < 1.29 is 5.32 Å². The largest absolute Gasteiger partial charge is 0.621 e. The molecule has 1 aliphatic carbocycles. The van der Waals surface area contributed by atoms with Crippen LogP contribution in [0.15, 0.2) is 152 Å². The van der Waals surface area contributed by atoms with Crippen LogP contribution in [0, 0.1) is 0 Å². The molecule has 6 aromatic carbocycles. The van der Waals surface area contributed by atoms with Gasteiger partial charge in [0.05, 0.1) is 11.4 Å². The van der Waals surface area contributed by atoms with Crippen molar-refractivity contribution in [1.29, 1.82) is 0 Å². The molecular weight excluding hydrogens is 583 g/mol. The molecule has 0 saturated heterocycles. The summed E-state index contributed by atoms with van der Waals surface area (Å²) in [7, 11) is 0. The van der Waals surface area contributed by atoms with Crippen molar-refractivity contribution in [3.8, 4) is 22.3 Å². The Labute approximate surface area is 283 Å². The summed E-state index contributed by atoms with van der Waals surface area (Å²) in [5.41, 5.74) is 23.7. The third-order valence-electron chi connectivity index (χ3n) is 9.97. The number of nitrogens with two attached hydrogens (primary N) is 1. The fourth-order valence-electron chi connectivity index (χ4n) is 7.43. The van der Waals surface area contributed by atoms with E-state index in [1.54, 1.807) is 0 Å². The van der Waals surface area contributed by atoms with E-state index in [0.29, 0.717) is 0 Å². The summed E-state index contributed by atoms with van der Waals surface area (Å²) in [6, 6.07) is 51.8. The Balaban J connectivity index is 1.23. The summed E-state index contributed by atoms with van der Waals surface area (Å²) < 4.78 is 0. The van der Waals surface area contributed by atoms with E-state index >= 15 is 0 Å². The van der Waals surface area contributed by atoms with E-state index in [0.717, 1.165) is 33.6 Å². The van der Waals surface area contributed by atoms with Gasteiger partial charge >= 0.3 is 0 Å². The first kappa shape index (κ1) is 29.9. The SMILES string of the molecule is CC1(C)c2ccccc2-c2ccc(-c3ccc4c(c3)C=Cc3ccccc3N4C(/C=C/c3ccccc3)[NH2+]C([NH-])c3ccccc3)cc21. The number of anilines is 2. The van der Waals surface area contributed by atoms with Crippen molar-refractivity contribution >= 4 is 29.6 Å². The highest BCUT2D eigenvalue weighted by Gasteiger charge is 2.35. The normalized spacial score (nSPS) is 15.3. The number of quaternary nitrogens is 1. The van der Waals surface area contributed by atoms with Gasteiger partial charge in [0.15, 0.2) is 6.17 Å². The van der Waals surface area contributed by atoms with Crippen LogP contribution < -0.4 is 10.2 Å². The Morgan fingerprint density at radius 3 is 2.06 bits per heavy atom. The lowest BCUT2D eigenvalue weighted by atomic mass is 9.81. The van der Waals surface area contributed by atoms with Gasteiger partial charge in [-0.1, -0.05) is 153 Å². The van der Waals surface area contributed by atoms with E-state index in [1.807, 2.05) is 36.4 Å². The molecule has 0 spiro atoms. The van der Waals surface area contributed by atoms with Gasteiger partial charge in [0.25, 0.3) is 0 Å². The molecule has 3 nitrogen and oxygen atoms in total. The Kier molecular flexibility index (Phi) is 7.64. The summed E-state index contributed by atoms with van der Waals surface area (Å²) in [4.78, 5) is 2.40. The highest BCUT2D eigenvalue weighted by atomic mass is 15.3. The topological polar surface area (TPSA) is 43.7 Å². The van der Waals surface area contributed by atoms with Gasteiger partial charge in [0, 0.05) is 11.6 Å². The van der Waals surface area contributed by atoms with Crippen LogP contribution in [0.1, 0.15) is 53.4 Å². The zero-order valence-electron chi connectivity index (χ0n) is 27.3. The minimum atomic E-state index is -0.499. The van der Waals surface area contributed by atoms with E-state index < -0.39 is 6.17 Å². The minimum absolute atomic E-state index is 0.0499. The molecule has 3 N–H and O–H groups in total. The Bertz CT molecular complexity index is 2160. The Morgan fingerprint density at radius 1 is 0.604 bits per heavy atom. The van der Waals surface area contributed by atoms with Crippen molar-refractivity contribution in [1.82, 2.24) is 0 Å². The van der Waals surface area contributed by atoms with Crippen LogP contribution >= 0.6 is 0 Å². The van der Waals surface area contributed by atoms with Gasteiger partial charge < -0.3 is 11.1 Å². The standard InChI is InChI=1S/C45H38N3/c1-45(2)39-19-11-10-18-37(39)38-26-24-35(30-40(38)45)34-25-27-42-36(29-34)23-22-32-15-9-12-20-41(32)48(42)43(28-21-31-13-5-3-6-14-31)47-44(46)33-16-7-4-8-17-33/h3-30,43-44,46-47H,1-2H3/q-1/p+1/b28-21+. The van der Waals surface area contributed by atoms with Crippen molar-refractivity contribution in [2.24, 2.45) is 0 Å². The lowest BCUT2D eigenvalue weighted by Crippen LogP contribution is -2.93. The molecule has 0 saturated carbocycles. The lowest BCUT2D eigenvalue weighted by Gasteiger charge is -2.35. The van der Waals surface area contributed by atoms with Crippen LogP contribution in [0.25, 0.3) is 46.2 Å². The molecule has 48 heavy (non-hydrogen) atoms. The first-order valence-corrected chi connectivity index (χ1v) is 16.8. The van der Waals surface area contributed by atoms with Gasteiger partial charge in [-0.15, -0.1) is 0 Å². The number of hydrogen-bond donors (Lipinski definition) is 1. The van der Waals surface area contributed by atoms with Crippen molar-refractivity contribution in [2.75, 3.05) is 4.90 Å². The second-order valence-electron chi connectivity index (χ2n) is 13.3. The van der Waals surface area contributed by atoms with Gasteiger partial charge in [-0.25, -0.2) is 0 Å². The molecule has 3 heteroatoms. The molecule has 0 amide bonds. The number of fused-ring (bicyclic) bond motifs is 5. The number of benzene rings is 6. The third-order valence-corrected chi connectivity index (χ3v) is 9.97. The van der Waals surface area contributed by atoms with Crippen LogP contribution in [-0.4, -0.2) is 6.17 Å². The average molecular weight is 622 g/mol. The summed E-state index contributed by atoms with van der Waals surface area (Å²) in [5, 5.41) is 2.15. The Hall–Kier alpha value is -5.48. The number of rotatable bonds is 7. The van der Waals surface area contributed by atoms with Crippen LogP contribution in [-0.2, 0) is 5.41 Å². The van der Waals surface area contributed by atoms with Crippen LogP contribution in [0.4, 0.5) is 11.4 Å². The maximum Gasteiger partial charge on any atom is 0.184 e. The summed E-state index contributed by atoms with van der Waals surface area (Å²) >= 11 is 0. The van der Waals surface area contributed by atoms with E-state index in [1.165, 1.54) is 33.4 Å². The number of nitrogens with one attached hydrogen (secondary N) is 1. The first-order valence-electron chi connectivity index (χ1n) is 16.8. The second-order valence-corrected chi connectivity index (χ2v) is 13.3. The number of nitrogens with zero attached hydrogens (tertiary/aromatic N) is 1. The molecule has 2 aliphatic rings. The predicted octanol–water partition coefficient (Wildman–Crippen LogP) is 10.6. The first-order chi connectivity index (χ1) is 23.5. The molecule has 2 unspecified atom stereocenters. The zero-order valence-corrected chi connectivity index (χ0v) is 27.3. The van der Waals surface area contributed by atoms with Gasteiger partial charge in [0.2, 0.25) is 0 Å². The summed E-state index contributed by atoms with van der Waals surface area (Å²) in [6.45, 7) is 4.68. The average Bonchev–Trinajstić information content (AvgIpc) is 3.25. The number of para-hydroxylation sites is 1. The van der Waals surface area contributed by atoms with Crippen molar-refractivity contribution in [3.63, 3.8) is 0 Å². The lowest BCUT2D eigenvalue weighted by molar-refractivity contribution is -0.707. The van der Waals surface area contributed by atoms with Gasteiger partial charge in [-0.2, -0.15) is 0 Å². The predicted molar refractivity (Wildman–Crippen MR) is 202 cm³/mol. The minimum Gasteiger partial charge on any atom is -0.621 e. The van der Waals surface area contributed by atoms with E-state index in [2.05, 4.69) is 158 Å².